The first-order valence-electron chi connectivity index (χ1n) is 7.13. The van der Waals surface area contributed by atoms with Crippen LogP contribution < -0.4 is 0 Å². The minimum Gasteiger partial charge on any atom is -0.203 e. The molecule has 0 aliphatic carbocycles. The Kier molecular flexibility index (Phi) is 4.05. The van der Waals surface area contributed by atoms with Gasteiger partial charge in [0, 0.05) is 11.1 Å². The van der Waals surface area contributed by atoms with Crippen molar-refractivity contribution in [1.29, 1.82) is 10.5 Å². The van der Waals surface area contributed by atoms with E-state index < -0.39 is 11.6 Å². The van der Waals surface area contributed by atoms with E-state index in [0.29, 0.717) is 22.3 Å². The maximum atomic E-state index is 14.5. The van der Waals surface area contributed by atoms with Crippen molar-refractivity contribution in [3.63, 3.8) is 0 Å². The van der Waals surface area contributed by atoms with Crippen LogP contribution >= 0.6 is 0 Å². The number of nitriles is 2. The fourth-order valence-electron chi connectivity index (χ4n) is 2.44. The number of hydrogen-bond acceptors (Lipinski definition) is 2. The van der Waals surface area contributed by atoms with Crippen LogP contribution in [-0.4, -0.2) is 0 Å². The van der Waals surface area contributed by atoms with Gasteiger partial charge in [0.2, 0.25) is 0 Å². The van der Waals surface area contributed by atoms with Crippen LogP contribution in [0.4, 0.5) is 8.78 Å². The van der Waals surface area contributed by atoms with Gasteiger partial charge in [0.15, 0.2) is 11.6 Å². The molecule has 0 aromatic heterocycles. The van der Waals surface area contributed by atoms with Crippen LogP contribution in [0.2, 0.25) is 0 Å². The average molecular weight is 316 g/mol. The fraction of sp³-hybridized carbons (Fsp3) is 0. The Morgan fingerprint density at radius 2 is 0.875 bits per heavy atom. The number of nitrogens with zero attached hydrogens (tertiary/aromatic N) is 2. The maximum Gasteiger partial charge on any atom is 0.167 e. The number of halogens is 2. The smallest absolute Gasteiger partial charge is 0.167 e. The van der Waals surface area contributed by atoms with Crippen molar-refractivity contribution in [2.75, 3.05) is 0 Å². The molecule has 0 aliphatic rings. The number of hydrogen-bond donors (Lipinski definition) is 0. The van der Waals surface area contributed by atoms with E-state index in [4.69, 9.17) is 10.5 Å². The first kappa shape index (κ1) is 15.4. The molecule has 3 rings (SSSR count). The van der Waals surface area contributed by atoms with Gasteiger partial charge in [0.1, 0.15) is 0 Å². The summed E-state index contributed by atoms with van der Waals surface area (Å²) in [7, 11) is 0. The minimum atomic E-state index is -0.943. The minimum absolute atomic E-state index is 0.134. The zero-order valence-electron chi connectivity index (χ0n) is 12.4. The van der Waals surface area contributed by atoms with Crippen molar-refractivity contribution < 1.29 is 8.78 Å². The molecule has 0 aliphatic heterocycles. The topological polar surface area (TPSA) is 47.6 Å². The quantitative estimate of drug-likeness (QED) is 0.665. The Balaban J connectivity index is 2.05. The van der Waals surface area contributed by atoms with Crippen LogP contribution in [0.15, 0.2) is 60.7 Å². The summed E-state index contributed by atoms with van der Waals surface area (Å²) in [5, 5.41) is 17.6. The highest BCUT2D eigenvalue weighted by molar-refractivity contribution is 5.72. The predicted molar refractivity (Wildman–Crippen MR) is 86.7 cm³/mol. The molecule has 114 valence electrons. The Bertz CT molecular complexity index is 894. The standard InChI is InChI=1S/C20H10F2N2/c21-19-17(15-5-1-13(11-23)2-6-15)9-10-18(20(19)22)16-7-3-14(12-24)4-8-16/h1-10H. The van der Waals surface area contributed by atoms with Crippen LogP contribution in [0.5, 0.6) is 0 Å². The van der Waals surface area contributed by atoms with Crippen LogP contribution in [0.3, 0.4) is 0 Å². The molecule has 0 saturated carbocycles. The third-order valence-corrected chi connectivity index (χ3v) is 3.73. The average Bonchev–Trinajstić information content (AvgIpc) is 2.64. The summed E-state index contributed by atoms with van der Waals surface area (Å²) >= 11 is 0. The molecule has 0 spiro atoms. The molecule has 3 aromatic carbocycles. The van der Waals surface area contributed by atoms with Crippen molar-refractivity contribution in [1.82, 2.24) is 0 Å². The van der Waals surface area contributed by atoms with Crippen molar-refractivity contribution in [3.05, 3.63) is 83.4 Å². The Morgan fingerprint density at radius 3 is 1.17 bits per heavy atom. The number of benzene rings is 3. The molecule has 0 radical (unpaired) electrons. The predicted octanol–water partition coefficient (Wildman–Crippen LogP) is 5.04. The van der Waals surface area contributed by atoms with Gasteiger partial charge in [-0.1, -0.05) is 36.4 Å². The highest BCUT2D eigenvalue weighted by atomic mass is 19.2. The lowest BCUT2D eigenvalue weighted by Crippen LogP contribution is -1.94. The first-order valence-corrected chi connectivity index (χ1v) is 7.13. The molecular formula is C20H10F2N2. The van der Waals surface area contributed by atoms with Crippen LogP contribution in [0, 0.1) is 34.3 Å². The third-order valence-electron chi connectivity index (χ3n) is 3.73. The van der Waals surface area contributed by atoms with Crippen LogP contribution in [0.1, 0.15) is 11.1 Å². The van der Waals surface area contributed by atoms with E-state index in [-0.39, 0.29) is 11.1 Å². The van der Waals surface area contributed by atoms with Gasteiger partial charge < -0.3 is 0 Å². The van der Waals surface area contributed by atoms with Gasteiger partial charge in [-0.15, -0.1) is 0 Å². The third kappa shape index (κ3) is 2.74. The molecule has 3 aromatic rings. The molecule has 0 bridgehead atoms. The summed E-state index contributed by atoms with van der Waals surface area (Å²) < 4.78 is 28.9. The second kappa shape index (κ2) is 6.32. The molecule has 0 saturated heterocycles. The van der Waals surface area contributed by atoms with E-state index in [1.807, 2.05) is 12.1 Å². The first-order chi connectivity index (χ1) is 11.6. The Morgan fingerprint density at radius 1 is 0.542 bits per heavy atom. The lowest BCUT2D eigenvalue weighted by Gasteiger charge is -2.09. The molecule has 0 N–H and O–H groups in total. The van der Waals surface area contributed by atoms with Gasteiger partial charge in [-0.3, -0.25) is 0 Å². The van der Waals surface area contributed by atoms with Crippen LogP contribution in [-0.2, 0) is 0 Å². The van der Waals surface area contributed by atoms with Crippen molar-refractivity contribution >= 4 is 0 Å². The summed E-state index contributed by atoms with van der Waals surface area (Å²) in [5.74, 6) is -1.89. The summed E-state index contributed by atoms with van der Waals surface area (Å²) in [5.41, 5.74) is 2.17. The number of rotatable bonds is 2. The lowest BCUT2D eigenvalue weighted by atomic mass is 9.98. The fourth-order valence-corrected chi connectivity index (χ4v) is 2.44. The summed E-state index contributed by atoms with van der Waals surface area (Å²) in [6.45, 7) is 0. The van der Waals surface area contributed by atoms with Gasteiger partial charge in [-0.25, -0.2) is 8.78 Å². The van der Waals surface area contributed by atoms with E-state index in [2.05, 4.69) is 0 Å². The summed E-state index contributed by atoms with van der Waals surface area (Å²) in [4.78, 5) is 0. The van der Waals surface area contributed by atoms with E-state index in [1.54, 1.807) is 48.5 Å². The second-order valence-electron chi connectivity index (χ2n) is 5.17. The van der Waals surface area contributed by atoms with E-state index in [0.717, 1.165) is 0 Å². The van der Waals surface area contributed by atoms with Crippen molar-refractivity contribution in [2.45, 2.75) is 0 Å². The molecule has 0 atom stereocenters. The zero-order chi connectivity index (χ0) is 17.1. The zero-order valence-corrected chi connectivity index (χ0v) is 12.4. The molecule has 0 fully saturated rings. The molecule has 2 nitrogen and oxygen atoms in total. The van der Waals surface area contributed by atoms with Crippen molar-refractivity contribution in [3.8, 4) is 34.4 Å². The van der Waals surface area contributed by atoms with E-state index in [1.165, 1.54) is 12.1 Å². The van der Waals surface area contributed by atoms with Gasteiger partial charge in [-0.05, 0) is 35.4 Å². The highest BCUT2D eigenvalue weighted by Crippen LogP contribution is 2.31. The SMILES string of the molecule is N#Cc1ccc(-c2ccc(-c3ccc(C#N)cc3)c(F)c2F)cc1. The van der Waals surface area contributed by atoms with Crippen molar-refractivity contribution in [2.24, 2.45) is 0 Å². The van der Waals surface area contributed by atoms with E-state index >= 15 is 0 Å². The van der Waals surface area contributed by atoms with Crippen LogP contribution in [0.25, 0.3) is 22.3 Å². The van der Waals surface area contributed by atoms with E-state index in [9.17, 15) is 8.78 Å². The monoisotopic (exact) mass is 316 g/mol. The highest BCUT2D eigenvalue weighted by Gasteiger charge is 2.16. The van der Waals surface area contributed by atoms with Gasteiger partial charge in [0.05, 0.1) is 23.3 Å². The maximum absolute atomic E-state index is 14.5. The molecule has 4 heteroatoms. The molecule has 0 heterocycles. The molecule has 24 heavy (non-hydrogen) atoms. The second-order valence-corrected chi connectivity index (χ2v) is 5.17. The van der Waals surface area contributed by atoms with Gasteiger partial charge >= 0.3 is 0 Å². The summed E-state index contributed by atoms with van der Waals surface area (Å²) in [6, 6.07) is 19.5. The Labute approximate surface area is 137 Å². The molecule has 0 unspecified atom stereocenters. The largest absolute Gasteiger partial charge is 0.203 e. The lowest BCUT2D eigenvalue weighted by molar-refractivity contribution is 0.514. The Hall–Kier alpha value is -3.50. The van der Waals surface area contributed by atoms with Gasteiger partial charge in [-0.2, -0.15) is 10.5 Å². The normalized spacial score (nSPS) is 10.0. The van der Waals surface area contributed by atoms with Gasteiger partial charge in [0.25, 0.3) is 0 Å². The summed E-state index contributed by atoms with van der Waals surface area (Å²) in [6.07, 6.45) is 0. The molecular weight excluding hydrogens is 306 g/mol. The molecule has 0 amide bonds.